The molecule has 0 bridgehead atoms. The van der Waals surface area contributed by atoms with Gasteiger partial charge >= 0.3 is 0 Å². The molecule has 0 aliphatic heterocycles. The smallest absolute Gasteiger partial charge is 0.277 e. The third-order valence-electron chi connectivity index (χ3n) is 2.78. The third-order valence-corrected chi connectivity index (χ3v) is 3.44. The molecule has 0 saturated carbocycles. The zero-order valence-electron chi connectivity index (χ0n) is 12.1. The van der Waals surface area contributed by atoms with E-state index in [1.165, 1.54) is 24.4 Å². The average molecular weight is 368 g/mol. The predicted molar refractivity (Wildman–Crippen MR) is 90.8 cm³/mol. The molecule has 0 spiro atoms. The van der Waals surface area contributed by atoms with E-state index in [2.05, 4.69) is 10.5 Å². The summed E-state index contributed by atoms with van der Waals surface area (Å²) in [4.78, 5) is 21.8. The van der Waals surface area contributed by atoms with E-state index in [-0.39, 0.29) is 17.3 Å². The van der Waals surface area contributed by atoms with Crippen molar-refractivity contribution in [1.29, 1.82) is 0 Å². The lowest BCUT2D eigenvalue weighted by atomic mass is 10.2. The molecule has 0 aliphatic carbocycles. The van der Waals surface area contributed by atoms with Gasteiger partial charge in [0, 0.05) is 22.7 Å². The lowest BCUT2D eigenvalue weighted by molar-refractivity contribution is -0.384. The van der Waals surface area contributed by atoms with Crippen molar-refractivity contribution in [2.45, 2.75) is 0 Å². The zero-order valence-corrected chi connectivity index (χ0v) is 13.6. The number of amides is 1. The molecule has 1 amide bonds. The summed E-state index contributed by atoms with van der Waals surface area (Å²) in [6.45, 7) is -0.288. The van der Waals surface area contributed by atoms with Crippen molar-refractivity contribution in [3.05, 3.63) is 68.2 Å². The van der Waals surface area contributed by atoms with Gasteiger partial charge in [0.15, 0.2) is 6.61 Å². The summed E-state index contributed by atoms with van der Waals surface area (Å²) in [6, 6.07) is 10.6. The van der Waals surface area contributed by atoms with Gasteiger partial charge in [0.05, 0.1) is 16.2 Å². The van der Waals surface area contributed by atoms with E-state index in [0.29, 0.717) is 16.3 Å². The zero-order chi connectivity index (χ0) is 17.5. The highest BCUT2D eigenvalue weighted by Gasteiger charge is 2.08. The summed E-state index contributed by atoms with van der Waals surface area (Å²) in [5.74, 6) is -0.146. The Balaban J connectivity index is 1.92. The molecule has 0 unspecified atom stereocenters. The minimum absolute atomic E-state index is 0.130. The van der Waals surface area contributed by atoms with Gasteiger partial charge in [-0.2, -0.15) is 5.10 Å². The molecular formula is C15H11Cl2N3O4. The number of carbonyl (C=O) groups excluding carboxylic acids is 1. The van der Waals surface area contributed by atoms with E-state index in [1.807, 2.05) is 0 Å². The van der Waals surface area contributed by atoms with Crippen molar-refractivity contribution in [3.63, 3.8) is 0 Å². The predicted octanol–water partition coefficient (Wildman–Crippen LogP) is 3.43. The SMILES string of the molecule is O=C(COc1ccccc1Cl)NN=Cc1cc([N+](=O)[O-])ccc1Cl. The van der Waals surface area contributed by atoms with Crippen LogP contribution in [0, 0.1) is 10.1 Å². The number of rotatable bonds is 6. The van der Waals surface area contributed by atoms with Crippen LogP contribution in [0.4, 0.5) is 5.69 Å². The summed E-state index contributed by atoms with van der Waals surface area (Å²) in [5, 5.41) is 15.1. The maximum absolute atomic E-state index is 11.6. The van der Waals surface area contributed by atoms with Crippen LogP contribution in [0.25, 0.3) is 0 Å². The van der Waals surface area contributed by atoms with Crippen LogP contribution in [0.2, 0.25) is 10.0 Å². The molecule has 0 atom stereocenters. The van der Waals surface area contributed by atoms with E-state index < -0.39 is 10.8 Å². The van der Waals surface area contributed by atoms with Crippen LogP contribution in [0.15, 0.2) is 47.6 Å². The standard InChI is InChI=1S/C15H11Cl2N3O4/c16-12-6-5-11(20(22)23)7-10(12)8-18-19-15(21)9-24-14-4-2-1-3-13(14)17/h1-8H,9H2,(H,19,21). The lowest BCUT2D eigenvalue weighted by Crippen LogP contribution is -2.24. The van der Waals surface area contributed by atoms with Crippen LogP contribution >= 0.6 is 23.2 Å². The number of nitro groups is 1. The number of halogens is 2. The fraction of sp³-hybridized carbons (Fsp3) is 0.0667. The minimum atomic E-state index is -0.552. The van der Waals surface area contributed by atoms with Crippen molar-refractivity contribution < 1.29 is 14.5 Å². The van der Waals surface area contributed by atoms with Crippen LogP contribution in [-0.4, -0.2) is 23.7 Å². The molecule has 124 valence electrons. The van der Waals surface area contributed by atoms with Crippen LogP contribution in [0.3, 0.4) is 0 Å². The number of hydrogen-bond donors (Lipinski definition) is 1. The molecule has 0 fully saturated rings. The Kier molecular flexibility index (Phi) is 6.11. The van der Waals surface area contributed by atoms with Crippen LogP contribution in [0.1, 0.15) is 5.56 Å². The number of ether oxygens (including phenoxy) is 1. The first-order chi connectivity index (χ1) is 11.5. The van der Waals surface area contributed by atoms with Gasteiger partial charge in [-0.15, -0.1) is 0 Å². The second-order valence-electron chi connectivity index (χ2n) is 4.48. The fourth-order valence-corrected chi connectivity index (χ4v) is 2.01. The van der Waals surface area contributed by atoms with E-state index in [1.54, 1.807) is 24.3 Å². The Morgan fingerprint density at radius 3 is 2.71 bits per heavy atom. The summed E-state index contributed by atoms with van der Waals surface area (Å²) in [7, 11) is 0. The molecule has 9 heteroatoms. The molecule has 0 aromatic heterocycles. The molecular weight excluding hydrogens is 357 g/mol. The fourth-order valence-electron chi connectivity index (χ4n) is 1.65. The minimum Gasteiger partial charge on any atom is -0.482 e. The first kappa shape index (κ1) is 17.7. The second-order valence-corrected chi connectivity index (χ2v) is 5.29. The molecule has 0 radical (unpaired) electrons. The topological polar surface area (TPSA) is 93.8 Å². The number of benzene rings is 2. The van der Waals surface area contributed by atoms with Crippen molar-refractivity contribution in [2.24, 2.45) is 5.10 Å². The quantitative estimate of drug-likeness (QED) is 0.480. The summed E-state index contributed by atoms with van der Waals surface area (Å²) < 4.78 is 5.24. The van der Waals surface area contributed by atoms with E-state index in [9.17, 15) is 14.9 Å². The number of non-ortho nitro benzene ring substituents is 1. The Morgan fingerprint density at radius 1 is 1.25 bits per heavy atom. The van der Waals surface area contributed by atoms with Gasteiger partial charge in [-0.1, -0.05) is 35.3 Å². The first-order valence-electron chi connectivity index (χ1n) is 6.60. The first-order valence-corrected chi connectivity index (χ1v) is 7.36. The maximum atomic E-state index is 11.6. The molecule has 0 heterocycles. The molecule has 2 aromatic carbocycles. The number of hydrazone groups is 1. The molecule has 2 rings (SSSR count). The molecule has 0 aliphatic rings. The molecule has 24 heavy (non-hydrogen) atoms. The largest absolute Gasteiger partial charge is 0.482 e. The van der Waals surface area contributed by atoms with E-state index in [4.69, 9.17) is 27.9 Å². The van der Waals surface area contributed by atoms with Gasteiger partial charge in [0.1, 0.15) is 5.75 Å². The second kappa shape index (κ2) is 8.28. The number of para-hydroxylation sites is 1. The van der Waals surface area contributed by atoms with Gasteiger partial charge in [0.25, 0.3) is 11.6 Å². The number of nitrogens with one attached hydrogen (secondary N) is 1. The average Bonchev–Trinajstić information content (AvgIpc) is 2.55. The van der Waals surface area contributed by atoms with Gasteiger partial charge in [-0.05, 0) is 18.2 Å². The maximum Gasteiger partial charge on any atom is 0.277 e. The number of hydrogen-bond acceptors (Lipinski definition) is 5. The van der Waals surface area contributed by atoms with Gasteiger partial charge < -0.3 is 4.74 Å². The highest BCUT2D eigenvalue weighted by Crippen LogP contribution is 2.23. The number of nitrogens with zero attached hydrogens (tertiary/aromatic N) is 2. The van der Waals surface area contributed by atoms with Gasteiger partial charge in [-0.3, -0.25) is 14.9 Å². The van der Waals surface area contributed by atoms with Crippen molar-refractivity contribution >= 4 is 41.0 Å². The Hall–Kier alpha value is -2.64. The highest BCUT2D eigenvalue weighted by atomic mass is 35.5. The Labute approximate surface area is 147 Å². The normalized spacial score (nSPS) is 10.6. The molecule has 0 saturated heterocycles. The van der Waals surface area contributed by atoms with Crippen LogP contribution < -0.4 is 10.2 Å². The van der Waals surface area contributed by atoms with Crippen LogP contribution in [-0.2, 0) is 4.79 Å². The monoisotopic (exact) mass is 367 g/mol. The van der Waals surface area contributed by atoms with Crippen molar-refractivity contribution in [3.8, 4) is 5.75 Å². The molecule has 2 aromatic rings. The van der Waals surface area contributed by atoms with Crippen molar-refractivity contribution in [2.75, 3.05) is 6.61 Å². The van der Waals surface area contributed by atoms with Gasteiger partial charge in [0.2, 0.25) is 0 Å². The van der Waals surface area contributed by atoms with E-state index >= 15 is 0 Å². The number of nitro benzene ring substituents is 1. The summed E-state index contributed by atoms with van der Waals surface area (Å²) in [6.07, 6.45) is 1.21. The highest BCUT2D eigenvalue weighted by molar-refractivity contribution is 6.33. The van der Waals surface area contributed by atoms with Crippen molar-refractivity contribution in [1.82, 2.24) is 5.43 Å². The third kappa shape index (κ3) is 4.94. The summed E-state index contributed by atoms with van der Waals surface area (Å²) in [5.41, 5.74) is 2.40. The Bertz CT molecular complexity index is 796. The van der Waals surface area contributed by atoms with E-state index in [0.717, 1.165) is 0 Å². The lowest BCUT2D eigenvalue weighted by Gasteiger charge is -2.06. The molecule has 1 N–H and O–H groups in total. The Morgan fingerprint density at radius 2 is 2.00 bits per heavy atom. The number of carbonyl (C=O) groups is 1. The van der Waals surface area contributed by atoms with Gasteiger partial charge in [-0.25, -0.2) is 5.43 Å². The van der Waals surface area contributed by atoms with Crippen LogP contribution in [0.5, 0.6) is 5.75 Å². The summed E-state index contributed by atoms with van der Waals surface area (Å²) >= 11 is 11.8. The molecule has 7 nitrogen and oxygen atoms in total.